The fourth-order valence-electron chi connectivity index (χ4n) is 7.83. The number of carbonyl (C=O) groups excluding carboxylic acids is 3. The van der Waals surface area contributed by atoms with Crippen LogP contribution in [-0.2, 0) is 23.9 Å². The van der Waals surface area contributed by atoms with Crippen LogP contribution < -0.4 is 0 Å². The normalized spacial score (nSPS) is 32.2. The number of unbranched alkanes of at least 4 members (excludes halogenated alkanes) is 2. The maximum absolute atomic E-state index is 14.6. The van der Waals surface area contributed by atoms with Gasteiger partial charge in [0.25, 0.3) is 0 Å². The number of rotatable bonds is 16. The zero-order valence-corrected chi connectivity index (χ0v) is 26.0. The van der Waals surface area contributed by atoms with Gasteiger partial charge in [-0.1, -0.05) is 26.0 Å². The highest BCUT2D eigenvalue weighted by atomic mass is 16.5. The van der Waals surface area contributed by atoms with Crippen LogP contribution in [-0.4, -0.2) is 132 Å². The number of morpholine rings is 1. The predicted octanol–water partition coefficient (Wildman–Crippen LogP) is 1.93. The van der Waals surface area contributed by atoms with Crippen LogP contribution in [0.4, 0.5) is 0 Å². The molecule has 10 heteroatoms. The number of fused-ring (bicyclic) bond motifs is 1. The van der Waals surface area contributed by atoms with Gasteiger partial charge in [0.2, 0.25) is 17.7 Å². The smallest absolute Gasteiger partial charge is 0.248 e. The quantitative estimate of drug-likeness (QED) is 0.217. The molecule has 10 nitrogen and oxygen atoms in total. The molecule has 0 aliphatic carbocycles. The van der Waals surface area contributed by atoms with Crippen LogP contribution in [0.5, 0.6) is 0 Å². The van der Waals surface area contributed by atoms with Gasteiger partial charge in [0.1, 0.15) is 11.6 Å². The van der Waals surface area contributed by atoms with Crippen LogP contribution >= 0.6 is 0 Å². The number of aliphatic hydroxyl groups excluding tert-OH is 1. The van der Waals surface area contributed by atoms with E-state index in [1.807, 2.05) is 13.8 Å². The molecule has 4 fully saturated rings. The zero-order chi connectivity index (χ0) is 30.5. The topological polar surface area (TPSA) is 103 Å². The SMILES string of the molecule is C=CCN(CCN1CCOCC1)C(=O)C1N(CCCCCO)C(=O)[C@@H]2[C@H](C(=O)N(CC=C)CCC)[C@@]3(C)OC12CC3C. The predicted molar refractivity (Wildman–Crippen MR) is 161 cm³/mol. The summed E-state index contributed by atoms with van der Waals surface area (Å²) in [6, 6.07) is -0.810. The minimum Gasteiger partial charge on any atom is -0.396 e. The highest BCUT2D eigenvalue weighted by Gasteiger charge is 2.80. The maximum atomic E-state index is 14.6. The first kappa shape index (κ1) is 32.6. The highest BCUT2D eigenvalue weighted by Crippen LogP contribution is 2.65. The van der Waals surface area contributed by atoms with Crippen LogP contribution in [0.15, 0.2) is 25.3 Å². The third kappa shape index (κ3) is 5.92. The molecule has 4 aliphatic heterocycles. The van der Waals surface area contributed by atoms with Crippen molar-refractivity contribution in [2.24, 2.45) is 17.8 Å². The summed E-state index contributed by atoms with van der Waals surface area (Å²) >= 11 is 0. The van der Waals surface area contributed by atoms with Gasteiger partial charge in [0.05, 0.1) is 30.7 Å². The van der Waals surface area contributed by atoms with E-state index in [0.29, 0.717) is 71.7 Å². The minimum atomic E-state index is -1.07. The Morgan fingerprint density at radius 2 is 1.71 bits per heavy atom. The Hall–Kier alpha value is -2.27. The molecule has 0 aromatic carbocycles. The van der Waals surface area contributed by atoms with Crippen LogP contribution in [0.1, 0.15) is 52.9 Å². The number of nitrogens with zero attached hydrogens (tertiary/aromatic N) is 4. The van der Waals surface area contributed by atoms with E-state index in [9.17, 15) is 19.5 Å². The third-order valence-corrected chi connectivity index (χ3v) is 9.98. The second kappa shape index (κ2) is 14.0. The molecule has 3 unspecified atom stereocenters. The van der Waals surface area contributed by atoms with Crippen molar-refractivity contribution in [2.75, 3.05) is 72.2 Å². The summed E-state index contributed by atoms with van der Waals surface area (Å²) in [4.78, 5) is 50.9. The molecule has 42 heavy (non-hydrogen) atoms. The number of carbonyl (C=O) groups is 3. The third-order valence-electron chi connectivity index (χ3n) is 9.98. The Balaban J connectivity index is 1.69. The molecule has 3 amide bonds. The molecule has 4 saturated heterocycles. The molecule has 6 atom stereocenters. The van der Waals surface area contributed by atoms with Crippen molar-refractivity contribution in [3.05, 3.63) is 25.3 Å². The van der Waals surface area contributed by atoms with Gasteiger partial charge in [-0.05, 0) is 44.9 Å². The van der Waals surface area contributed by atoms with E-state index < -0.39 is 29.1 Å². The van der Waals surface area contributed by atoms with Crippen molar-refractivity contribution >= 4 is 17.7 Å². The molecule has 236 valence electrons. The number of hydrogen-bond acceptors (Lipinski definition) is 7. The lowest BCUT2D eigenvalue weighted by molar-refractivity contribution is -0.155. The molecule has 0 aromatic rings. The van der Waals surface area contributed by atoms with Crippen molar-refractivity contribution in [1.82, 2.24) is 19.6 Å². The number of aliphatic hydroxyl groups is 1. The first-order valence-corrected chi connectivity index (χ1v) is 15.9. The molecule has 0 aromatic heterocycles. The first-order valence-electron chi connectivity index (χ1n) is 15.9. The van der Waals surface area contributed by atoms with Crippen molar-refractivity contribution < 1.29 is 29.0 Å². The molecule has 2 bridgehead atoms. The fourth-order valence-corrected chi connectivity index (χ4v) is 7.83. The summed E-state index contributed by atoms with van der Waals surface area (Å²) < 4.78 is 12.4. The summed E-state index contributed by atoms with van der Waals surface area (Å²) in [5.41, 5.74) is -1.91. The Bertz CT molecular complexity index is 1000. The van der Waals surface area contributed by atoms with Gasteiger partial charge in [-0.15, -0.1) is 13.2 Å². The standard InChI is InChI=1S/C32H52N4O6/c1-6-12-34(13-7-2)28(38)25-26-29(39)36(15-10-9-11-20-37)27(32(26)23-24(4)31(25,5)42-32)30(40)35(14-8-3)17-16-33-18-21-41-22-19-33/h6,8,24-27,37H,1,3,7,9-23H2,2,4-5H3/t24?,25-,26+,27?,31+,32?/m1/s1. The average molecular weight is 589 g/mol. The molecular formula is C32H52N4O6. The summed E-state index contributed by atoms with van der Waals surface area (Å²) in [6.07, 6.45) is 6.84. The molecule has 4 aliphatic rings. The van der Waals surface area contributed by atoms with Crippen molar-refractivity contribution in [2.45, 2.75) is 70.1 Å². The van der Waals surface area contributed by atoms with Crippen LogP contribution in [0.3, 0.4) is 0 Å². The van der Waals surface area contributed by atoms with Crippen LogP contribution in [0.2, 0.25) is 0 Å². The monoisotopic (exact) mass is 588 g/mol. The van der Waals surface area contributed by atoms with Gasteiger partial charge < -0.3 is 29.3 Å². The lowest BCUT2D eigenvalue weighted by atomic mass is 9.62. The molecule has 4 rings (SSSR count). The highest BCUT2D eigenvalue weighted by molar-refractivity contribution is 5.99. The van der Waals surface area contributed by atoms with Crippen molar-refractivity contribution in [1.29, 1.82) is 0 Å². The number of hydrogen-bond donors (Lipinski definition) is 1. The Labute approximate surface area is 251 Å². The number of likely N-dealkylation sites (tertiary alicyclic amines) is 1. The largest absolute Gasteiger partial charge is 0.396 e. The second-order valence-corrected chi connectivity index (χ2v) is 12.6. The maximum Gasteiger partial charge on any atom is 0.248 e. The lowest BCUT2D eigenvalue weighted by Gasteiger charge is -2.39. The van der Waals surface area contributed by atoms with E-state index in [1.165, 1.54) is 0 Å². The Kier molecular flexibility index (Phi) is 10.9. The fraction of sp³-hybridized carbons (Fsp3) is 0.781. The van der Waals surface area contributed by atoms with Crippen LogP contribution in [0.25, 0.3) is 0 Å². The minimum absolute atomic E-state index is 0.00597. The Morgan fingerprint density at radius 3 is 2.33 bits per heavy atom. The van der Waals surface area contributed by atoms with E-state index in [4.69, 9.17) is 9.47 Å². The lowest BCUT2D eigenvalue weighted by Crippen LogP contribution is -2.57. The van der Waals surface area contributed by atoms with Gasteiger partial charge in [-0.25, -0.2) is 0 Å². The molecular weight excluding hydrogens is 536 g/mol. The van der Waals surface area contributed by atoms with Crippen molar-refractivity contribution in [3.63, 3.8) is 0 Å². The van der Waals surface area contributed by atoms with Gasteiger partial charge in [-0.3, -0.25) is 19.3 Å². The molecule has 4 heterocycles. The molecule has 0 radical (unpaired) electrons. The van der Waals surface area contributed by atoms with E-state index in [-0.39, 0.29) is 30.2 Å². The first-order chi connectivity index (χ1) is 20.2. The number of ether oxygens (including phenoxy) is 2. The van der Waals surface area contributed by atoms with Gasteiger partial charge in [0.15, 0.2) is 0 Å². The molecule has 0 saturated carbocycles. The second-order valence-electron chi connectivity index (χ2n) is 12.6. The zero-order valence-electron chi connectivity index (χ0n) is 26.0. The van der Waals surface area contributed by atoms with Gasteiger partial charge >= 0.3 is 0 Å². The summed E-state index contributed by atoms with van der Waals surface area (Å²) in [7, 11) is 0. The van der Waals surface area contributed by atoms with E-state index >= 15 is 0 Å². The molecule has 1 spiro atoms. The van der Waals surface area contributed by atoms with Crippen LogP contribution in [0, 0.1) is 17.8 Å². The summed E-state index contributed by atoms with van der Waals surface area (Å²) in [5, 5.41) is 9.33. The summed E-state index contributed by atoms with van der Waals surface area (Å²) in [5.74, 6) is -1.77. The average Bonchev–Trinajstić information content (AvgIpc) is 3.49. The number of amides is 3. The van der Waals surface area contributed by atoms with E-state index in [0.717, 1.165) is 25.9 Å². The van der Waals surface area contributed by atoms with E-state index in [2.05, 4.69) is 25.0 Å². The molecule has 1 N–H and O–H groups in total. The van der Waals surface area contributed by atoms with Gasteiger partial charge in [0, 0.05) is 59.0 Å². The van der Waals surface area contributed by atoms with Crippen molar-refractivity contribution in [3.8, 4) is 0 Å². The Morgan fingerprint density at radius 1 is 1.05 bits per heavy atom. The summed E-state index contributed by atoms with van der Waals surface area (Å²) in [6.45, 7) is 19.9. The van der Waals surface area contributed by atoms with Gasteiger partial charge in [-0.2, -0.15) is 0 Å². The van der Waals surface area contributed by atoms with E-state index in [1.54, 1.807) is 26.9 Å².